The molecule has 0 atom stereocenters. The molecule has 3 heteroatoms. The molecule has 3 aromatic rings. The van der Waals surface area contributed by atoms with E-state index in [0.717, 1.165) is 29.7 Å². The maximum Gasteiger partial charge on any atom is 0.251 e. The number of amides is 1. The Morgan fingerprint density at radius 2 is 1.52 bits per heavy atom. The van der Waals surface area contributed by atoms with Gasteiger partial charge in [0.1, 0.15) is 12.4 Å². The minimum absolute atomic E-state index is 0.0866. The molecule has 3 nitrogen and oxygen atoms in total. The largest absolute Gasteiger partial charge is 0.492 e. The van der Waals surface area contributed by atoms with E-state index < -0.39 is 0 Å². The predicted octanol–water partition coefficient (Wildman–Crippen LogP) is 5.11. The molecule has 0 saturated carbocycles. The monoisotopic (exact) mass is 359 g/mol. The van der Waals surface area contributed by atoms with Gasteiger partial charge in [-0.05, 0) is 47.4 Å². The van der Waals surface area contributed by atoms with Crippen molar-refractivity contribution in [1.29, 1.82) is 0 Å². The predicted molar refractivity (Wildman–Crippen MR) is 110 cm³/mol. The van der Waals surface area contributed by atoms with Gasteiger partial charge in [-0.3, -0.25) is 4.79 Å². The molecular weight excluding hydrogens is 334 g/mol. The van der Waals surface area contributed by atoms with E-state index in [1.165, 1.54) is 5.56 Å². The fraction of sp³-hybridized carbons (Fsp3) is 0.208. The summed E-state index contributed by atoms with van der Waals surface area (Å²) in [5.41, 5.74) is 4.21. The number of carbonyl (C=O) groups is 1. The van der Waals surface area contributed by atoms with Crippen LogP contribution in [0.2, 0.25) is 0 Å². The van der Waals surface area contributed by atoms with E-state index in [-0.39, 0.29) is 5.91 Å². The molecule has 0 aliphatic heterocycles. The first-order valence-electron chi connectivity index (χ1n) is 9.41. The smallest absolute Gasteiger partial charge is 0.251 e. The van der Waals surface area contributed by atoms with Crippen molar-refractivity contribution in [1.82, 2.24) is 5.32 Å². The van der Waals surface area contributed by atoms with Crippen LogP contribution in [-0.4, -0.2) is 19.1 Å². The maximum atomic E-state index is 12.3. The normalized spacial score (nSPS) is 10.4. The molecule has 0 heterocycles. The molecule has 0 aliphatic rings. The standard InChI is InChI=1S/C24H25NO2/c1-2-6-19-9-15-23(16-10-19)27-18-17-25-24(26)22-13-11-21(12-14-22)20-7-4-3-5-8-20/h3-5,7-16H,2,6,17-18H2,1H3,(H,25,26). The molecule has 1 N–H and O–H groups in total. The Labute approximate surface area is 161 Å². The lowest BCUT2D eigenvalue weighted by Gasteiger charge is -2.09. The summed E-state index contributed by atoms with van der Waals surface area (Å²) in [6.45, 7) is 3.08. The highest BCUT2D eigenvalue weighted by molar-refractivity contribution is 5.94. The van der Waals surface area contributed by atoms with Crippen molar-refractivity contribution < 1.29 is 9.53 Å². The number of hydrogen-bond acceptors (Lipinski definition) is 2. The summed E-state index contributed by atoms with van der Waals surface area (Å²) < 4.78 is 5.69. The second kappa shape index (κ2) is 9.58. The highest BCUT2D eigenvalue weighted by atomic mass is 16.5. The Morgan fingerprint density at radius 1 is 0.852 bits per heavy atom. The Balaban J connectivity index is 1.45. The molecule has 138 valence electrons. The summed E-state index contributed by atoms with van der Waals surface area (Å²) in [5, 5.41) is 2.90. The SMILES string of the molecule is CCCc1ccc(OCCNC(=O)c2ccc(-c3ccccc3)cc2)cc1. The number of hydrogen-bond donors (Lipinski definition) is 1. The van der Waals surface area contributed by atoms with Gasteiger partial charge in [-0.25, -0.2) is 0 Å². The lowest BCUT2D eigenvalue weighted by Crippen LogP contribution is -2.28. The first-order valence-corrected chi connectivity index (χ1v) is 9.41. The number of rotatable bonds is 8. The van der Waals surface area contributed by atoms with Crippen molar-refractivity contribution in [2.75, 3.05) is 13.2 Å². The fourth-order valence-corrected chi connectivity index (χ4v) is 2.92. The average Bonchev–Trinajstić information content (AvgIpc) is 2.73. The van der Waals surface area contributed by atoms with Crippen LogP contribution in [0.4, 0.5) is 0 Å². The summed E-state index contributed by atoms with van der Waals surface area (Å²) in [7, 11) is 0. The van der Waals surface area contributed by atoms with E-state index in [4.69, 9.17) is 4.74 Å². The lowest BCUT2D eigenvalue weighted by molar-refractivity contribution is 0.0947. The summed E-state index contributed by atoms with van der Waals surface area (Å²) in [5.74, 6) is 0.743. The molecule has 0 unspecified atom stereocenters. The number of benzene rings is 3. The van der Waals surface area contributed by atoms with E-state index in [0.29, 0.717) is 18.7 Å². The third-order valence-electron chi connectivity index (χ3n) is 4.37. The van der Waals surface area contributed by atoms with Crippen LogP contribution in [0.25, 0.3) is 11.1 Å². The van der Waals surface area contributed by atoms with Crippen LogP contribution in [-0.2, 0) is 6.42 Å². The van der Waals surface area contributed by atoms with E-state index in [1.54, 1.807) is 0 Å². The van der Waals surface area contributed by atoms with E-state index in [1.807, 2.05) is 54.6 Å². The van der Waals surface area contributed by atoms with Crippen molar-refractivity contribution in [3.05, 3.63) is 90.0 Å². The fourth-order valence-electron chi connectivity index (χ4n) is 2.92. The Kier molecular flexibility index (Phi) is 6.64. The van der Waals surface area contributed by atoms with Crippen molar-refractivity contribution in [2.45, 2.75) is 19.8 Å². The molecule has 0 spiro atoms. The lowest BCUT2D eigenvalue weighted by atomic mass is 10.0. The summed E-state index contributed by atoms with van der Waals surface area (Å²) in [6, 6.07) is 25.9. The maximum absolute atomic E-state index is 12.3. The van der Waals surface area contributed by atoms with Gasteiger partial charge in [0.2, 0.25) is 0 Å². The highest BCUT2D eigenvalue weighted by Crippen LogP contribution is 2.19. The van der Waals surface area contributed by atoms with Gasteiger partial charge in [-0.1, -0.05) is 67.9 Å². The Bertz CT molecular complexity index is 840. The topological polar surface area (TPSA) is 38.3 Å². The van der Waals surface area contributed by atoms with Crippen LogP contribution in [0.5, 0.6) is 5.75 Å². The molecule has 0 fully saturated rings. The minimum atomic E-state index is -0.0866. The second-order valence-electron chi connectivity index (χ2n) is 6.44. The zero-order valence-electron chi connectivity index (χ0n) is 15.7. The first-order chi connectivity index (χ1) is 13.3. The molecule has 3 rings (SSSR count). The number of carbonyl (C=O) groups excluding carboxylic acids is 1. The van der Waals surface area contributed by atoms with Crippen LogP contribution >= 0.6 is 0 Å². The molecular formula is C24H25NO2. The molecule has 27 heavy (non-hydrogen) atoms. The van der Waals surface area contributed by atoms with Gasteiger partial charge in [-0.2, -0.15) is 0 Å². The van der Waals surface area contributed by atoms with Crippen LogP contribution < -0.4 is 10.1 Å². The molecule has 3 aromatic carbocycles. The molecule has 0 aromatic heterocycles. The summed E-state index contributed by atoms with van der Waals surface area (Å²) in [4.78, 5) is 12.3. The molecule has 1 amide bonds. The zero-order valence-corrected chi connectivity index (χ0v) is 15.7. The van der Waals surface area contributed by atoms with Gasteiger partial charge < -0.3 is 10.1 Å². The molecule has 0 radical (unpaired) electrons. The Hall–Kier alpha value is -3.07. The van der Waals surface area contributed by atoms with Crippen molar-refractivity contribution >= 4 is 5.91 Å². The van der Waals surface area contributed by atoms with Gasteiger partial charge in [0.15, 0.2) is 0 Å². The summed E-state index contributed by atoms with van der Waals surface area (Å²) in [6.07, 6.45) is 2.22. The number of aryl methyl sites for hydroxylation is 1. The van der Waals surface area contributed by atoms with Gasteiger partial charge in [0, 0.05) is 5.56 Å². The van der Waals surface area contributed by atoms with E-state index >= 15 is 0 Å². The highest BCUT2D eigenvalue weighted by Gasteiger charge is 2.05. The van der Waals surface area contributed by atoms with Crippen LogP contribution in [0, 0.1) is 0 Å². The van der Waals surface area contributed by atoms with Crippen LogP contribution in [0.15, 0.2) is 78.9 Å². The third kappa shape index (κ3) is 5.45. The Morgan fingerprint density at radius 3 is 2.19 bits per heavy atom. The van der Waals surface area contributed by atoms with Crippen molar-refractivity contribution in [3.8, 4) is 16.9 Å². The van der Waals surface area contributed by atoms with Gasteiger partial charge in [-0.15, -0.1) is 0 Å². The number of ether oxygens (including phenoxy) is 1. The van der Waals surface area contributed by atoms with Crippen LogP contribution in [0.1, 0.15) is 29.3 Å². The van der Waals surface area contributed by atoms with Crippen molar-refractivity contribution in [2.24, 2.45) is 0 Å². The molecule has 0 bridgehead atoms. The minimum Gasteiger partial charge on any atom is -0.492 e. The van der Waals surface area contributed by atoms with Gasteiger partial charge in [0.05, 0.1) is 6.54 Å². The zero-order chi connectivity index (χ0) is 18.9. The molecule has 0 aliphatic carbocycles. The molecule has 0 saturated heterocycles. The van der Waals surface area contributed by atoms with Crippen molar-refractivity contribution in [3.63, 3.8) is 0 Å². The quantitative estimate of drug-likeness (QED) is 0.567. The second-order valence-corrected chi connectivity index (χ2v) is 6.44. The number of nitrogens with one attached hydrogen (secondary N) is 1. The third-order valence-corrected chi connectivity index (χ3v) is 4.37. The van der Waals surface area contributed by atoms with E-state index in [9.17, 15) is 4.79 Å². The van der Waals surface area contributed by atoms with Crippen LogP contribution in [0.3, 0.4) is 0 Å². The summed E-state index contributed by atoms with van der Waals surface area (Å²) >= 11 is 0. The average molecular weight is 359 g/mol. The van der Waals surface area contributed by atoms with Gasteiger partial charge >= 0.3 is 0 Å². The first kappa shape index (κ1) is 18.7. The van der Waals surface area contributed by atoms with Gasteiger partial charge in [0.25, 0.3) is 5.91 Å². The van der Waals surface area contributed by atoms with E-state index in [2.05, 4.69) is 36.5 Å².